The Labute approximate surface area is 143 Å². The van der Waals surface area contributed by atoms with Crippen LogP contribution in [0.2, 0.25) is 0 Å². The van der Waals surface area contributed by atoms with Gasteiger partial charge in [-0.05, 0) is 36.4 Å². The number of halogens is 2. The number of aromatic amines is 1. The number of nitrogens with one attached hydrogen (secondary N) is 1. The fourth-order valence-corrected chi connectivity index (χ4v) is 3.02. The molecule has 122 valence electrons. The molecule has 0 radical (unpaired) electrons. The first-order valence-corrected chi connectivity index (χ1v) is 8.07. The number of rotatable bonds is 2. The molecule has 2 heterocycles. The summed E-state index contributed by atoms with van der Waals surface area (Å²) in [5.41, 5.74) is 3.02. The van der Waals surface area contributed by atoms with Gasteiger partial charge in [0.15, 0.2) is 11.2 Å². The van der Waals surface area contributed by atoms with Gasteiger partial charge in [-0.2, -0.15) is 0 Å². The van der Waals surface area contributed by atoms with Gasteiger partial charge in [-0.15, -0.1) is 4.52 Å². The third kappa shape index (κ3) is 2.40. The van der Waals surface area contributed by atoms with E-state index in [1.165, 1.54) is 16.8 Å². The third-order valence-electron chi connectivity index (χ3n) is 3.69. The summed E-state index contributed by atoms with van der Waals surface area (Å²) in [6.45, 7) is 0. The largest absolute Gasteiger partial charge is 0.870 e. The molecule has 2 aromatic heterocycles. The number of H-pyrrole nitrogens is 1. The van der Waals surface area contributed by atoms with E-state index in [2.05, 4.69) is 26.1 Å². The van der Waals surface area contributed by atoms with Gasteiger partial charge in [0, 0.05) is 0 Å². The normalized spacial score (nSPS) is 10.9. The Morgan fingerprint density at radius 1 is 1.17 bits per heavy atom. The van der Waals surface area contributed by atoms with Gasteiger partial charge < -0.3 is 5.48 Å². The quantitative estimate of drug-likeness (QED) is 0.421. The van der Waals surface area contributed by atoms with Crippen molar-refractivity contribution in [2.75, 3.05) is 0 Å². The number of para-hydroxylation sites is 2. The molecule has 4 aromatic rings. The molecule has 24 heavy (non-hydrogen) atoms. The summed E-state index contributed by atoms with van der Waals surface area (Å²) in [5, 5.41) is 3.51. The Bertz CT molecular complexity index is 1090. The minimum Gasteiger partial charge on any atom is -0.870 e. The van der Waals surface area contributed by atoms with E-state index >= 15 is 0 Å². The van der Waals surface area contributed by atoms with E-state index in [1.807, 2.05) is 24.3 Å². The molecule has 0 aliphatic carbocycles. The summed E-state index contributed by atoms with van der Waals surface area (Å²) in [5.74, 6) is -0.348. The Kier molecular flexibility index (Phi) is 4.16. The van der Waals surface area contributed by atoms with Gasteiger partial charge in [-0.3, -0.25) is 0 Å². The van der Waals surface area contributed by atoms with Gasteiger partial charge in [0.1, 0.15) is 17.0 Å². The molecule has 0 aliphatic rings. The predicted octanol–water partition coefficient (Wildman–Crippen LogP) is 2.31. The number of nitrogens with zero attached hydrogens (tertiary/aromatic N) is 3. The van der Waals surface area contributed by atoms with E-state index in [4.69, 9.17) is 0 Å². The lowest BCUT2D eigenvalue weighted by Gasteiger charge is -1.98. The highest BCUT2D eigenvalue weighted by molar-refractivity contribution is 9.08. The average molecular weight is 391 g/mol. The number of hydrogen-bond acceptors (Lipinski definition) is 3. The van der Waals surface area contributed by atoms with Gasteiger partial charge in [0.05, 0.1) is 5.33 Å². The fraction of sp³-hybridized carbons (Fsp3) is 0.0625. The molecule has 0 saturated heterocycles. The number of benzene rings is 2. The molecular formula is C16H12BrFN4O2. The van der Waals surface area contributed by atoms with Crippen LogP contribution in [0.15, 0.2) is 53.3 Å². The summed E-state index contributed by atoms with van der Waals surface area (Å²) in [6.07, 6.45) is 0. The van der Waals surface area contributed by atoms with Crippen LogP contribution < -0.4 is 10.1 Å². The number of alkyl halides is 1. The first-order valence-electron chi connectivity index (χ1n) is 6.95. The lowest BCUT2D eigenvalue weighted by atomic mass is 10.2. The molecule has 6 nitrogen and oxygen atoms in total. The maximum Gasteiger partial charge on any atom is 0.408 e. The van der Waals surface area contributed by atoms with Crippen molar-refractivity contribution < 1.29 is 14.4 Å². The van der Waals surface area contributed by atoms with Crippen molar-refractivity contribution in [2.45, 2.75) is 5.33 Å². The van der Waals surface area contributed by atoms with Crippen LogP contribution >= 0.6 is 15.9 Å². The number of fused-ring (bicyclic) bond motifs is 3. The second-order valence-corrected chi connectivity index (χ2v) is 5.64. The standard InChI is InChI=1S/C16H10BrFN4O.H2O/c17-9-13-15-16(23)21(11-7-5-10(18)6-8-11)20-22(15)14-4-2-1-3-12(14)19-13;/h1-8H,9H2;1H2. The summed E-state index contributed by atoms with van der Waals surface area (Å²) in [4.78, 5) is 17.3. The van der Waals surface area contributed by atoms with E-state index in [9.17, 15) is 9.18 Å². The average Bonchev–Trinajstić information content (AvgIpc) is 2.93. The molecule has 8 heteroatoms. The topological polar surface area (TPSA) is 84.8 Å². The molecule has 4 rings (SSSR count). The lowest BCUT2D eigenvalue weighted by Crippen LogP contribution is -2.28. The van der Waals surface area contributed by atoms with Crippen LogP contribution in [0.1, 0.15) is 5.69 Å². The molecule has 0 unspecified atom stereocenters. The van der Waals surface area contributed by atoms with Crippen LogP contribution in [0.25, 0.3) is 22.2 Å². The smallest absolute Gasteiger partial charge is 0.408 e. The van der Waals surface area contributed by atoms with Crippen molar-refractivity contribution in [3.8, 4) is 5.69 Å². The molecule has 0 bridgehead atoms. The van der Waals surface area contributed by atoms with Gasteiger partial charge in [-0.1, -0.05) is 38.0 Å². The van der Waals surface area contributed by atoms with Crippen LogP contribution in [-0.4, -0.2) is 20.4 Å². The number of aromatic nitrogens is 4. The van der Waals surface area contributed by atoms with E-state index in [1.54, 1.807) is 16.6 Å². The van der Waals surface area contributed by atoms with Gasteiger partial charge >= 0.3 is 5.56 Å². The van der Waals surface area contributed by atoms with Gasteiger partial charge in [0.25, 0.3) is 5.52 Å². The Morgan fingerprint density at radius 2 is 1.88 bits per heavy atom. The van der Waals surface area contributed by atoms with Crippen molar-refractivity contribution >= 4 is 32.5 Å². The van der Waals surface area contributed by atoms with Crippen LogP contribution in [0.4, 0.5) is 4.39 Å². The molecule has 0 spiro atoms. The maximum absolute atomic E-state index is 13.1. The summed E-state index contributed by atoms with van der Waals surface area (Å²) in [6, 6.07) is 13.3. The predicted molar refractivity (Wildman–Crippen MR) is 89.4 cm³/mol. The van der Waals surface area contributed by atoms with Crippen LogP contribution in [0.5, 0.6) is 0 Å². The third-order valence-corrected chi connectivity index (χ3v) is 4.22. The van der Waals surface area contributed by atoms with Gasteiger partial charge in [-0.25, -0.2) is 14.2 Å². The molecule has 0 aliphatic heterocycles. The number of hydrogen-bond donors (Lipinski definition) is 1. The highest BCUT2D eigenvalue weighted by atomic mass is 79.9. The minimum atomic E-state index is -0.348. The van der Waals surface area contributed by atoms with Crippen molar-refractivity contribution in [1.29, 1.82) is 0 Å². The Balaban J connectivity index is 0.00000169. The van der Waals surface area contributed by atoms with Crippen molar-refractivity contribution in [2.24, 2.45) is 0 Å². The zero-order chi connectivity index (χ0) is 16.0. The van der Waals surface area contributed by atoms with Crippen molar-refractivity contribution in [3.05, 3.63) is 70.4 Å². The van der Waals surface area contributed by atoms with Crippen LogP contribution in [-0.2, 0) is 5.33 Å². The fourth-order valence-electron chi connectivity index (χ4n) is 2.63. The second kappa shape index (κ2) is 6.14. The SMILES string of the molecule is O=c1c2c(CBr)nc3ccccc3[n+]2[nH]n1-c1ccc(F)cc1.[OH-]. The minimum absolute atomic E-state index is 0. The van der Waals surface area contributed by atoms with E-state index in [0.29, 0.717) is 22.2 Å². The first kappa shape index (κ1) is 16.3. The summed E-state index contributed by atoms with van der Waals surface area (Å²) in [7, 11) is 0. The highest BCUT2D eigenvalue weighted by Crippen LogP contribution is 2.13. The van der Waals surface area contributed by atoms with Crippen LogP contribution in [0.3, 0.4) is 0 Å². The summed E-state index contributed by atoms with van der Waals surface area (Å²) < 4.78 is 16.2. The molecule has 0 fully saturated rings. The van der Waals surface area contributed by atoms with Crippen molar-refractivity contribution in [1.82, 2.24) is 14.9 Å². The molecule has 0 amide bonds. The van der Waals surface area contributed by atoms with Crippen molar-refractivity contribution in [3.63, 3.8) is 0 Å². The Hall–Kier alpha value is -2.58. The first-order chi connectivity index (χ1) is 11.2. The van der Waals surface area contributed by atoms with E-state index in [0.717, 1.165) is 11.0 Å². The Morgan fingerprint density at radius 3 is 2.58 bits per heavy atom. The molecule has 2 N–H and O–H groups in total. The molecule has 2 aromatic carbocycles. The van der Waals surface area contributed by atoms with E-state index < -0.39 is 0 Å². The van der Waals surface area contributed by atoms with Gasteiger partial charge in [0.2, 0.25) is 0 Å². The molecule has 0 atom stereocenters. The van der Waals surface area contributed by atoms with Crippen LogP contribution in [0, 0.1) is 5.82 Å². The monoisotopic (exact) mass is 390 g/mol. The lowest BCUT2D eigenvalue weighted by molar-refractivity contribution is -0.556. The second-order valence-electron chi connectivity index (χ2n) is 5.08. The van der Waals surface area contributed by atoms with E-state index in [-0.39, 0.29) is 16.9 Å². The highest BCUT2D eigenvalue weighted by Gasteiger charge is 2.23. The summed E-state index contributed by atoms with van der Waals surface area (Å²) >= 11 is 3.39. The maximum atomic E-state index is 13.1. The zero-order valence-corrected chi connectivity index (χ0v) is 13.9. The zero-order valence-electron chi connectivity index (χ0n) is 12.3. The molecular weight excluding hydrogens is 379 g/mol. The molecule has 0 saturated carbocycles.